The molecule has 0 aromatic heterocycles. The predicted octanol–water partition coefficient (Wildman–Crippen LogP) is 3.50. The summed E-state index contributed by atoms with van der Waals surface area (Å²) in [5.74, 6) is -0.375. The van der Waals surface area contributed by atoms with Crippen LogP contribution in [-0.4, -0.2) is 42.1 Å². The summed E-state index contributed by atoms with van der Waals surface area (Å²) >= 11 is 0. The second-order valence-electron chi connectivity index (χ2n) is 7.10. The van der Waals surface area contributed by atoms with Crippen molar-refractivity contribution in [2.45, 2.75) is 65.6 Å². The van der Waals surface area contributed by atoms with Gasteiger partial charge in [0.2, 0.25) is 13.7 Å². The van der Waals surface area contributed by atoms with Crippen molar-refractivity contribution in [1.29, 1.82) is 0 Å². The van der Waals surface area contributed by atoms with Crippen LogP contribution in [0.1, 0.15) is 59.3 Å². The molecule has 0 spiro atoms. The van der Waals surface area contributed by atoms with E-state index in [1.165, 1.54) is 13.3 Å². The summed E-state index contributed by atoms with van der Waals surface area (Å²) < 4.78 is 22.1. The molecule has 2 atom stereocenters. The van der Waals surface area contributed by atoms with Crippen LogP contribution >= 0.6 is 7.37 Å². The zero-order chi connectivity index (χ0) is 18.9. The van der Waals surface area contributed by atoms with Gasteiger partial charge in [0.05, 0.1) is 5.92 Å². The van der Waals surface area contributed by atoms with Gasteiger partial charge in [-0.05, 0) is 25.2 Å². The third kappa shape index (κ3) is 9.85. The highest BCUT2D eigenvalue weighted by Gasteiger charge is 2.25. The number of carbonyl (C=O) groups is 2. The molecular formula is C17H32NO6P. The Bertz CT molecular complexity index is 476. The minimum absolute atomic E-state index is 0.196. The highest BCUT2D eigenvalue weighted by atomic mass is 31.2. The van der Waals surface area contributed by atoms with E-state index in [-0.39, 0.29) is 18.6 Å². The lowest BCUT2D eigenvalue weighted by Gasteiger charge is -2.24. The Morgan fingerprint density at radius 2 is 1.80 bits per heavy atom. The molecule has 0 bridgehead atoms. The highest BCUT2D eigenvalue weighted by Crippen LogP contribution is 2.45. The van der Waals surface area contributed by atoms with Crippen molar-refractivity contribution in [2.75, 3.05) is 18.9 Å². The summed E-state index contributed by atoms with van der Waals surface area (Å²) in [5, 5.41) is 2.51. The fraction of sp³-hybridized carbons (Fsp3) is 0.882. The highest BCUT2D eigenvalue weighted by molar-refractivity contribution is 7.57. The molecule has 8 heteroatoms. The Morgan fingerprint density at radius 3 is 2.40 bits per heavy atom. The van der Waals surface area contributed by atoms with Crippen molar-refractivity contribution in [2.24, 2.45) is 11.8 Å². The van der Waals surface area contributed by atoms with E-state index in [1.807, 2.05) is 0 Å². The van der Waals surface area contributed by atoms with Crippen LogP contribution in [0.25, 0.3) is 0 Å². The van der Waals surface area contributed by atoms with Crippen molar-refractivity contribution in [1.82, 2.24) is 5.32 Å². The summed E-state index contributed by atoms with van der Waals surface area (Å²) in [6.45, 7) is 5.09. The van der Waals surface area contributed by atoms with E-state index in [0.717, 1.165) is 25.7 Å². The maximum atomic E-state index is 12.2. The van der Waals surface area contributed by atoms with Crippen LogP contribution in [0, 0.1) is 11.8 Å². The number of hydrogen-bond donors (Lipinski definition) is 2. The molecule has 2 N–H and O–H groups in total. The average Bonchev–Trinajstić information content (AvgIpc) is 2.51. The molecule has 1 amide bonds. The van der Waals surface area contributed by atoms with Crippen LogP contribution in [-0.2, 0) is 18.8 Å². The molecule has 1 fully saturated rings. The number of hydrogen-bond acceptors (Lipinski definition) is 5. The summed E-state index contributed by atoms with van der Waals surface area (Å²) in [4.78, 5) is 33.0. The van der Waals surface area contributed by atoms with E-state index in [9.17, 15) is 19.0 Å². The van der Waals surface area contributed by atoms with Crippen molar-refractivity contribution in [3.8, 4) is 0 Å². The average molecular weight is 377 g/mol. The number of amides is 1. The number of carbonyl (C=O) groups excluding carboxylic acids is 2. The Hall–Kier alpha value is -1.07. The van der Waals surface area contributed by atoms with Crippen molar-refractivity contribution in [3.63, 3.8) is 0 Å². The molecule has 1 rings (SSSR count). The molecule has 0 saturated heterocycles. The van der Waals surface area contributed by atoms with Crippen LogP contribution in [0.5, 0.6) is 0 Å². The van der Waals surface area contributed by atoms with E-state index < -0.39 is 25.7 Å². The SMILES string of the molecule is CC(OC(=O)NCCCP(=O)(O)CC1CCCCC1)OC(=O)C(C)C. The molecule has 0 radical (unpaired) electrons. The minimum Gasteiger partial charge on any atom is -0.425 e. The lowest BCUT2D eigenvalue weighted by Crippen LogP contribution is -2.31. The van der Waals surface area contributed by atoms with Crippen LogP contribution in [0.4, 0.5) is 4.79 Å². The molecule has 0 aliphatic heterocycles. The standard InChI is InChI=1S/C17H32NO6P/c1-13(2)16(19)23-14(3)24-17(20)18-10-7-11-25(21,22)12-15-8-5-4-6-9-15/h13-15H,4-12H2,1-3H3,(H,18,20)(H,21,22). The van der Waals surface area contributed by atoms with Gasteiger partial charge in [-0.2, -0.15) is 0 Å². The van der Waals surface area contributed by atoms with E-state index in [1.54, 1.807) is 13.8 Å². The van der Waals surface area contributed by atoms with Gasteiger partial charge in [0.25, 0.3) is 0 Å². The number of alkyl carbamates (subject to hydrolysis) is 1. The van der Waals surface area contributed by atoms with Crippen molar-refractivity contribution < 1.29 is 28.5 Å². The smallest absolute Gasteiger partial charge is 0.410 e. The molecule has 0 heterocycles. The quantitative estimate of drug-likeness (QED) is 0.276. The zero-order valence-corrected chi connectivity index (χ0v) is 16.4. The van der Waals surface area contributed by atoms with Crippen LogP contribution in [0.2, 0.25) is 0 Å². The number of ether oxygens (including phenoxy) is 2. The van der Waals surface area contributed by atoms with Gasteiger partial charge in [0.15, 0.2) is 0 Å². The Labute approximate surface area is 150 Å². The number of rotatable bonds is 9. The maximum Gasteiger partial charge on any atom is 0.410 e. The summed E-state index contributed by atoms with van der Waals surface area (Å²) in [7, 11) is -3.14. The van der Waals surface area contributed by atoms with E-state index in [4.69, 9.17) is 9.47 Å². The number of esters is 1. The molecule has 1 aliphatic rings. The Morgan fingerprint density at radius 1 is 1.16 bits per heavy atom. The van der Waals surface area contributed by atoms with Crippen LogP contribution in [0.15, 0.2) is 0 Å². The second kappa shape index (κ2) is 10.8. The molecule has 0 aromatic carbocycles. The van der Waals surface area contributed by atoms with Gasteiger partial charge in [-0.25, -0.2) is 4.79 Å². The summed E-state index contributed by atoms with van der Waals surface area (Å²) in [6, 6.07) is 0. The fourth-order valence-corrected chi connectivity index (χ4v) is 4.90. The predicted molar refractivity (Wildman–Crippen MR) is 95.6 cm³/mol. The fourth-order valence-electron chi connectivity index (χ4n) is 2.90. The number of nitrogens with one attached hydrogen (secondary N) is 1. The van der Waals surface area contributed by atoms with Gasteiger partial charge in [0, 0.05) is 25.8 Å². The van der Waals surface area contributed by atoms with Gasteiger partial charge in [-0.1, -0.05) is 33.1 Å². The third-order valence-corrected chi connectivity index (χ3v) is 6.35. The van der Waals surface area contributed by atoms with E-state index >= 15 is 0 Å². The third-order valence-electron chi connectivity index (χ3n) is 4.25. The molecule has 2 unspecified atom stereocenters. The van der Waals surface area contributed by atoms with E-state index in [0.29, 0.717) is 18.5 Å². The lowest BCUT2D eigenvalue weighted by molar-refractivity contribution is -0.168. The first-order chi connectivity index (χ1) is 11.7. The van der Waals surface area contributed by atoms with Crippen LogP contribution < -0.4 is 5.32 Å². The molecule has 1 saturated carbocycles. The first-order valence-corrected chi connectivity index (χ1v) is 11.2. The normalized spacial score (nSPS) is 19.1. The summed E-state index contributed by atoms with van der Waals surface area (Å²) in [6.07, 6.45) is 4.94. The zero-order valence-electron chi connectivity index (χ0n) is 15.5. The van der Waals surface area contributed by atoms with Crippen molar-refractivity contribution in [3.05, 3.63) is 0 Å². The van der Waals surface area contributed by atoms with Gasteiger partial charge in [-0.15, -0.1) is 0 Å². The molecule has 1 aliphatic carbocycles. The molecule has 7 nitrogen and oxygen atoms in total. The molecule has 146 valence electrons. The largest absolute Gasteiger partial charge is 0.425 e. The van der Waals surface area contributed by atoms with Gasteiger partial charge in [0.1, 0.15) is 0 Å². The van der Waals surface area contributed by atoms with Gasteiger partial charge in [-0.3, -0.25) is 9.36 Å². The maximum absolute atomic E-state index is 12.2. The monoisotopic (exact) mass is 377 g/mol. The lowest BCUT2D eigenvalue weighted by atomic mass is 9.91. The van der Waals surface area contributed by atoms with Crippen molar-refractivity contribution >= 4 is 19.4 Å². The van der Waals surface area contributed by atoms with Gasteiger partial charge < -0.3 is 19.7 Å². The first kappa shape index (κ1) is 22.0. The minimum atomic E-state index is -3.14. The van der Waals surface area contributed by atoms with Gasteiger partial charge >= 0.3 is 12.1 Å². The van der Waals surface area contributed by atoms with E-state index in [2.05, 4.69) is 5.32 Å². The topological polar surface area (TPSA) is 102 Å². The first-order valence-electron chi connectivity index (χ1n) is 9.15. The Kier molecular flexibility index (Phi) is 9.51. The molecular weight excluding hydrogens is 345 g/mol. The molecule has 25 heavy (non-hydrogen) atoms. The second-order valence-corrected chi connectivity index (χ2v) is 9.61. The summed E-state index contributed by atoms with van der Waals surface area (Å²) in [5.41, 5.74) is 0. The molecule has 0 aromatic rings. The van der Waals surface area contributed by atoms with Crippen LogP contribution in [0.3, 0.4) is 0 Å². The Balaban J connectivity index is 2.17.